The zero-order valence-electron chi connectivity index (χ0n) is 10.7. The first-order chi connectivity index (χ1) is 9.08. The predicted octanol–water partition coefficient (Wildman–Crippen LogP) is 1.80. The van der Waals surface area contributed by atoms with Crippen molar-refractivity contribution in [3.8, 4) is 5.75 Å². The smallest absolute Gasteiger partial charge is 0.317 e. The summed E-state index contributed by atoms with van der Waals surface area (Å²) in [7, 11) is 0. The van der Waals surface area contributed by atoms with E-state index in [0.717, 1.165) is 0 Å². The van der Waals surface area contributed by atoms with Crippen molar-refractivity contribution < 1.29 is 14.6 Å². The maximum absolute atomic E-state index is 11.3. The Bertz CT molecular complexity index is 465. The summed E-state index contributed by atoms with van der Waals surface area (Å²) in [6.45, 7) is 3.94. The van der Waals surface area contributed by atoms with Crippen molar-refractivity contribution in [3.63, 3.8) is 0 Å². The number of aliphatic hydroxyl groups is 1. The van der Waals surface area contributed by atoms with E-state index in [1.54, 1.807) is 30.0 Å². The third-order valence-electron chi connectivity index (χ3n) is 2.99. The van der Waals surface area contributed by atoms with E-state index >= 15 is 0 Å². The van der Waals surface area contributed by atoms with Crippen molar-refractivity contribution >= 4 is 17.6 Å². The van der Waals surface area contributed by atoms with Crippen LogP contribution in [0.5, 0.6) is 5.75 Å². The van der Waals surface area contributed by atoms with Gasteiger partial charge in [0, 0.05) is 23.7 Å². The molecule has 2 amide bonds. The number of hydrogen-bond donors (Lipinski definition) is 2. The molecular formula is C13H17ClN2O3. The van der Waals surface area contributed by atoms with Gasteiger partial charge in [0.2, 0.25) is 0 Å². The molecule has 104 valence electrons. The second-order valence-electron chi connectivity index (χ2n) is 4.43. The van der Waals surface area contributed by atoms with Crippen LogP contribution in [0, 0.1) is 0 Å². The number of halogens is 1. The molecule has 0 unspecified atom stereocenters. The van der Waals surface area contributed by atoms with Gasteiger partial charge in [-0.3, -0.25) is 0 Å². The van der Waals surface area contributed by atoms with Crippen molar-refractivity contribution in [2.24, 2.45) is 0 Å². The molecule has 2 rings (SSSR count). The average molecular weight is 285 g/mol. The highest BCUT2D eigenvalue weighted by Crippen LogP contribution is 2.28. The zero-order chi connectivity index (χ0) is 13.8. The van der Waals surface area contributed by atoms with Gasteiger partial charge in [-0.1, -0.05) is 11.6 Å². The first kappa shape index (κ1) is 14.0. The molecule has 1 fully saturated rings. The fraction of sp³-hybridized carbons (Fsp3) is 0.462. The first-order valence-corrected chi connectivity index (χ1v) is 6.59. The number of carbonyl (C=O) groups is 1. The topological polar surface area (TPSA) is 61.8 Å². The summed E-state index contributed by atoms with van der Waals surface area (Å²) in [6, 6.07) is 5.07. The fourth-order valence-corrected chi connectivity index (χ4v) is 2.15. The van der Waals surface area contributed by atoms with Crippen LogP contribution in [0.3, 0.4) is 0 Å². The van der Waals surface area contributed by atoms with Gasteiger partial charge in [-0.05, 0) is 25.1 Å². The minimum atomic E-state index is -0.649. The molecule has 1 aromatic rings. The van der Waals surface area contributed by atoms with Crippen LogP contribution in [0.2, 0.25) is 5.02 Å². The fourth-order valence-electron chi connectivity index (χ4n) is 1.97. The van der Waals surface area contributed by atoms with Crippen LogP contribution in [0.15, 0.2) is 18.2 Å². The monoisotopic (exact) mass is 284 g/mol. The van der Waals surface area contributed by atoms with Gasteiger partial charge in [0.25, 0.3) is 0 Å². The second kappa shape index (κ2) is 6.12. The molecule has 0 spiro atoms. The number of ether oxygens (including phenoxy) is 1. The third kappa shape index (κ3) is 3.52. The number of nitrogens with one attached hydrogen (secondary N) is 1. The Morgan fingerprint density at radius 2 is 2.37 bits per heavy atom. The van der Waals surface area contributed by atoms with Crippen LogP contribution in [-0.4, -0.2) is 42.3 Å². The molecule has 2 N–H and O–H groups in total. The Labute approximate surface area is 117 Å². The maximum atomic E-state index is 11.3. The molecule has 1 heterocycles. The molecule has 1 atom stereocenters. The average Bonchev–Trinajstić information content (AvgIpc) is 2.77. The van der Waals surface area contributed by atoms with Crippen LogP contribution in [-0.2, 0) is 0 Å². The molecule has 0 aliphatic carbocycles. The van der Waals surface area contributed by atoms with Gasteiger partial charge in [0.1, 0.15) is 12.4 Å². The van der Waals surface area contributed by atoms with E-state index in [9.17, 15) is 9.90 Å². The van der Waals surface area contributed by atoms with Crippen molar-refractivity contribution in [1.29, 1.82) is 0 Å². The molecule has 0 aromatic heterocycles. The molecule has 1 aliphatic rings. The molecule has 1 saturated heterocycles. The highest BCUT2D eigenvalue weighted by Gasteiger charge is 2.19. The minimum Gasteiger partial charge on any atom is -0.491 e. The van der Waals surface area contributed by atoms with Gasteiger partial charge < -0.3 is 20.1 Å². The van der Waals surface area contributed by atoms with E-state index in [0.29, 0.717) is 42.6 Å². The molecule has 19 heavy (non-hydrogen) atoms. The van der Waals surface area contributed by atoms with Crippen LogP contribution >= 0.6 is 11.6 Å². The Balaban J connectivity index is 1.93. The lowest BCUT2D eigenvalue weighted by molar-refractivity contribution is 0.184. The number of nitrogens with zero attached hydrogens (tertiary/aromatic N) is 1. The summed E-state index contributed by atoms with van der Waals surface area (Å²) in [5, 5.41) is 13.0. The van der Waals surface area contributed by atoms with E-state index in [1.165, 1.54) is 0 Å². The normalized spacial score (nSPS) is 16.4. The predicted molar refractivity (Wildman–Crippen MR) is 72.6 cm³/mol. The van der Waals surface area contributed by atoms with E-state index < -0.39 is 6.10 Å². The van der Waals surface area contributed by atoms with Gasteiger partial charge >= 0.3 is 6.03 Å². The number of rotatable bonds is 5. The molecule has 0 saturated carbocycles. The van der Waals surface area contributed by atoms with Gasteiger partial charge in [-0.25, -0.2) is 4.79 Å². The largest absolute Gasteiger partial charge is 0.491 e. The van der Waals surface area contributed by atoms with E-state index in [2.05, 4.69) is 5.32 Å². The van der Waals surface area contributed by atoms with Crippen molar-refractivity contribution in [1.82, 2.24) is 10.2 Å². The number of hydrogen-bond acceptors (Lipinski definition) is 3. The van der Waals surface area contributed by atoms with Gasteiger partial charge in [-0.15, -0.1) is 0 Å². The first-order valence-electron chi connectivity index (χ1n) is 6.21. The summed E-state index contributed by atoms with van der Waals surface area (Å²) in [4.78, 5) is 13.0. The summed E-state index contributed by atoms with van der Waals surface area (Å²) in [5.74, 6) is 0.596. The van der Waals surface area contributed by atoms with Crippen molar-refractivity contribution in [3.05, 3.63) is 28.8 Å². The Hall–Kier alpha value is -1.46. The number of carbonyl (C=O) groups excluding carboxylic acids is 1. The van der Waals surface area contributed by atoms with E-state index in [-0.39, 0.29) is 6.03 Å². The standard InChI is InChI=1S/C13H17ClN2O3/c1-9(17)11-8-10(14)2-3-12(11)19-7-6-16-5-4-15-13(16)18/h2-3,8-9,17H,4-7H2,1H3,(H,15,18)/t9-/m0/s1. The SMILES string of the molecule is C[C@H](O)c1cc(Cl)ccc1OCCN1CCNC1=O. The molecule has 6 heteroatoms. The van der Waals surface area contributed by atoms with Crippen molar-refractivity contribution in [2.75, 3.05) is 26.2 Å². The zero-order valence-corrected chi connectivity index (χ0v) is 11.5. The highest BCUT2D eigenvalue weighted by atomic mass is 35.5. The molecular weight excluding hydrogens is 268 g/mol. The van der Waals surface area contributed by atoms with Crippen molar-refractivity contribution in [2.45, 2.75) is 13.0 Å². The molecule has 0 radical (unpaired) electrons. The number of benzene rings is 1. The van der Waals surface area contributed by atoms with E-state index in [4.69, 9.17) is 16.3 Å². The summed E-state index contributed by atoms with van der Waals surface area (Å²) in [5.41, 5.74) is 0.651. The number of urea groups is 1. The maximum Gasteiger partial charge on any atom is 0.317 e. The highest BCUT2D eigenvalue weighted by molar-refractivity contribution is 6.30. The van der Waals surface area contributed by atoms with Gasteiger partial charge in [-0.2, -0.15) is 0 Å². The van der Waals surface area contributed by atoms with Gasteiger partial charge in [0.05, 0.1) is 12.6 Å². The van der Waals surface area contributed by atoms with Crippen LogP contribution in [0.4, 0.5) is 4.79 Å². The Kier molecular flexibility index (Phi) is 4.50. The van der Waals surface area contributed by atoms with E-state index in [1.807, 2.05) is 0 Å². The molecule has 0 bridgehead atoms. The summed E-state index contributed by atoms with van der Waals surface area (Å²) < 4.78 is 5.62. The second-order valence-corrected chi connectivity index (χ2v) is 4.86. The van der Waals surface area contributed by atoms with Crippen LogP contribution < -0.4 is 10.1 Å². The number of aliphatic hydroxyl groups excluding tert-OH is 1. The number of amides is 2. The van der Waals surface area contributed by atoms with Gasteiger partial charge in [0.15, 0.2) is 0 Å². The quantitative estimate of drug-likeness (QED) is 0.867. The minimum absolute atomic E-state index is 0.0598. The summed E-state index contributed by atoms with van der Waals surface area (Å²) in [6.07, 6.45) is -0.649. The lowest BCUT2D eigenvalue weighted by atomic mass is 10.1. The van der Waals surface area contributed by atoms with Crippen LogP contribution in [0.1, 0.15) is 18.6 Å². The molecule has 1 aliphatic heterocycles. The lowest BCUT2D eigenvalue weighted by Crippen LogP contribution is -2.31. The summed E-state index contributed by atoms with van der Waals surface area (Å²) >= 11 is 5.89. The molecule has 5 nitrogen and oxygen atoms in total. The van der Waals surface area contributed by atoms with Crippen LogP contribution in [0.25, 0.3) is 0 Å². The third-order valence-corrected chi connectivity index (χ3v) is 3.22. The Morgan fingerprint density at radius 1 is 1.58 bits per heavy atom. The lowest BCUT2D eigenvalue weighted by Gasteiger charge is -2.17. The Morgan fingerprint density at radius 3 is 3.00 bits per heavy atom. The molecule has 1 aromatic carbocycles.